The molecule has 1 aliphatic rings. The lowest BCUT2D eigenvalue weighted by Crippen LogP contribution is -2.01. The minimum atomic E-state index is 0.451. The number of hydrogen-bond donors (Lipinski definition) is 1. The molecule has 2 heteroatoms. The van der Waals surface area contributed by atoms with Gasteiger partial charge in [0, 0.05) is 11.3 Å². The van der Waals surface area contributed by atoms with Gasteiger partial charge < -0.3 is 10.5 Å². The molecule has 0 unspecified atom stereocenters. The van der Waals surface area contributed by atoms with Gasteiger partial charge in [0.15, 0.2) is 0 Å². The van der Waals surface area contributed by atoms with Crippen molar-refractivity contribution < 1.29 is 4.74 Å². The molecule has 70 valence electrons. The van der Waals surface area contributed by atoms with Crippen molar-refractivity contribution in [2.45, 2.75) is 32.3 Å². The number of rotatable bonds is 3. The Labute approximate surface area is 78.7 Å². The maximum absolute atomic E-state index is 5.85. The molecule has 1 aromatic rings. The lowest BCUT2D eigenvalue weighted by atomic mass is 10.1. The molecule has 1 saturated carbocycles. The zero-order chi connectivity index (χ0) is 9.26. The van der Waals surface area contributed by atoms with Crippen LogP contribution in [0.25, 0.3) is 0 Å². The van der Waals surface area contributed by atoms with E-state index in [0.29, 0.717) is 6.10 Å². The minimum Gasteiger partial charge on any atom is -0.490 e. The summed E-state index contributed by atoms with van der Waals surface area (Å²) in [4.78, 5) is 0. The van der Waals surface area contributed by atoms with E-state index < -0.39 is 0 Å². The fourth-order valence-corrected chi connectivity index (χ4v) is 1.44. The summed E-state index contributed by atoms with van der Waals surface area (Å²) < 4.78 is 5.75. The molecule has 1 aromatic carbocycles. The van der Waals surface area contributed by atoms with E-state index in [9.17, 15) is 0 Å². The average Bonchev–Trinajstić information content (AvgIpc) is 2.89. The summed E-state index contributed by atoms with van der Waals surface area (Å²) in [6.07, 6.45) is 3.78. The SMILES string of the molecule is CCc1c(N)cccc1OC1CC1. The van der Waals surface area contributed by atoms with Crippen LogP contribution in [-0.4, -0.2) is 6.10 Å². The Balaban J connectivity index is 2.25. The standard InChI is InChI=1S/C11H15NO/c1-2-9-10(12)4-3-5-11(9)13-8-6-7-8/h3-5,8H,2,6-7,12H2,1H3. The molecule has 0 spiro atoms. The minimum absolute atomic E-state index is 0.451. The Kier molecular flexibility index (Phi) is 2.13. The lowest BCUT2D eigenvalue weighted by Gasteiger charge is -2.11. The summed E-state index contributed by atoms with van der Waals surface area (Å²) in [5.41, 5.74) is 7.84. The maximum Gasteiger partial charge on any atom is 0.124 e. The van der Waals surface area contributed by atoms with E-state index in [-0.39, 0.29) is 0 Å². The van der Waals surface area contributed by atoms with E-state index in [1.807, 2.05) is 18.2 Å². The Morgan fingerprint density at radius 1 is 1.46 bits per heavy atom. The molecule has 2 N–H and O–H groups in total. The third kappa shape index (κ3) is 1.77. The first-order valence-corrected chi connectivity index (χ1v) is 4.85. The second kappa shape index (κ2) is 3.29. The zero-order valence-corrected chi connectivity index (χ0v) is 7.92. The second-order valence-electron chi connectivity index (χ2n) is 3.49. The van der Waals surface area contributed by atoms with Crippen molar-refractivity contribution >= 4 is 5.69 Å². The van der Waals surface area contributed by atoms with Crippen molar-refractivity contribution in [3.8, 4) is 5.75 Å². The van der Waals surface area contributed by atoms with Gasteiger partial charge in [-0.25, -0.2) is 0 Å². The number of nitrogens with two attached hydrogens (primary N) is 1. The van der Waals surface area contributed by atoms with Crippen LogP contribution >= 0.6 is 0 Å². The number of hydrogen-bond acceptors (Lipinski definition) is 2. The summed E-state index contributed by atoms with van der Waals surface area (Å²) in [6.45, 7) is 2.10. The van der Waals surface area contributed by atoms with Gasteiger partial charge in [0.2, 0.25) is 0 Å². The third-order valence-electron chi connectivity index (χ3n) is 2.34. The molecule has 0 heterocycles. The zero-order valence-electron chi connectivity index (χ0n) is 7.92. The van der Waals surface area contributed by atoms with E-state index in [0.717, 1.165) is 23.4 Å². The largest absolute Gasteiger partial charge is 0.490 e. The molecule has 1 aliphatic carbocycles. The Bertz CT molecular complexity index is 305. The smallest absolute Gasteiger partial charge is 0.124 e. The van der Waals surface area contributed by atoms with E-state index in [4.69, 9.17) is 10.5 Å². The highest BCUT2D eigenvalue weighted by Crippen LogP contribution is 2.31. The van der Waals surface area contributed by atoms with Gasteiger partial charge in [0.1, 0.15) is 5.75 Å². The third-order valence-corrected chi connectivity index (χ3v) is 2.34. The molecular formula is C11H15NO. The van der Waals surface area contributed by atoms with Crippen LogP contribution in [0.15, 0.2) is 18.2 Å². The van der Waals surface area contributed by atoms with Gasteiger partial charge in [-0.15, -0.1) is 0 Å². The van der Waals surface area contributed by atoms with Crippen LogP contribution in [-0.2, 0) is 6.42 Å². The van der Waals surface area contributed by atoms with Gasteiger partial charge in [-0.2, -0.15) is 0 Å². The number of nitrogen functional groups attached to an aromatic ring is 1. The molecule has 1 fully saturated rings. The van der Waals surface area contributed by atoms with Gasteiger partial charge in [0.25, 0.3) is 0 Å². The molecule has 2 nitrogen and oxygen atoms in total. The van der Waals surface area contributed by atoms with E-state index >= 15 is 0 Å². The fourth-order valence-electron chi connectivity index (χ4n) is 1.44. The van der Waals surface area contributed by atoms with Crippen molar-refractivity contribution in [2.75, 3.05) is 5.73 Å². The van der Waals surface area contributed by atoms with Crippen LogP contribution in [0.1, 0.15) is 25.3 Å². The summed E-state index contributed by atoms with van der Waals surface area (Å²) in [5.74, 6) is 0.977. The van der Waals surface area contributed by atoms with Crippen molar-refractivity contribution in [1.29, 1.82) is 0 Å². The first-order valence-electron chi connectivity index (χ1n) is 4.85. The highest BCUT2D eigenvalue weighted by Gasteiger charge is 2.24. The van der Waals surface area contributed by atoms with Gasteiger partial charge in [-0.1, -0.05) is 13.0 Å². The molecule has 0 aliphatic heterocycles. The molecule has 0 atom stereocenters. The van der Waals surface area contributed by atoms with Crippen LogP contribution in [0.3, 0.4) is 0 Å². The van der Waals surface area contributed by atoms with Crippen LogP contribution in [0.4, 0.5) is 5.69 Å². The number of anilines is 1. The van der Waals surface area contributed by atoms with E-state index in [1.54, 1.807) is 0 Å². The topological polar surface area (TPSA) is 35.2 Å². The number of ether oxygens (including phenoxy) is 1. The highest BCUT2D eigenvalue weighted by atomic mass is 16.5. The first-order chi connectivity index (χ1) is 6.31. The predicted molar refractivity (Wildman–Crippen MR) is 53.9 cm³/mol. The molecular weight excluding hydrogens is 162 g/mol. The maximum atomic E-state index is 5.85. The van der Waals surface area contributed by atoms with E-state index in [2.05, 4.69) is 6.92 Å². The molecule has 0 amide bonds. The summed E-state index contributed by atoms with van der Waals surface area (Å²) in [6, 6.07) is 5.89. The van der Waals surface area contributed by atoms with Crippen LogP contribution in [0.5, 0.6) is 5.75 Å². The first kappa shape index (κ1) is 8.42. The monoisotopic (exact) mass is 177 g/mol. The molecule has 0 radical (unpaired) electrons. The fraction of sp³-hybridized carbons (Fsp3) is 0.455. The van der Waals surface area contributed by atoms with Gasteiger partial charge in [0.05, 0.1) is 6.10 Å². The highest BCUT2D eigenvalue weighted by molar-refractivity contribution is 5.54. The number of benzene rings is 1. The van der Waals surface area contributed by atoms with Crippen molar-refractivity contribution in [3.63, 3.8) is 0 Å². The van der Waals surface area contributed by atoms with Crippen molar-refractivity contribution in [3.05, 3.63) is 23.8 Å². The quantitative estimate of drug-likeness (QED) is 0.719. The second-order valence-corrected chi connectivity index (χ2v) is 3.49. The predicted octanol–water partition coefficient (Wildman–Crippen LogP) is 2.37. The summed E-state index contributed by atoms with van der Waals surface area (Å²) in [7, 11) is 0. The molecule has 0 bridgehead atoms. The normalized spacial score (nSPS) is 15.8. The van der Waals surface area contributed by atoms with Crippen molar-refractivity contribution in [1.82, 2.24) is 0 Å². The van der Waals surface area contributed by atoms with Crippen LogP contribution in [0.2, 0.25) is 0 Å². The summed E-state index contributed by atoms with van der Waals surface area (Å²) >= 11 is 0. The van der Waals surface area contributed by atoms with Gasteiger partial charge >= 0.3 is 0 Å². The van der Waals surface area contributed by atoms with E-state index in [1.165, 1.54) is 12.8 Å². The molecule has 2 rings (SSSR count). The molecule has 0 saturated heterocycles. The molecule has 0 aromatic heterocycles. The van der Waals surface area contributed by atoms with Crippen molar-refractivity contribution in [2.24, 2.45) is 0 Å². The Morgan fingerprint density at radius 2 is 2.23 bits per heavy atom. The van der Waals surface area contributed by atoms with Crippen LogP contribution in [0, 0.1) is 0 Å². The molecule has 13 heavy (non-hydrogen) atoms. The summed E-state index contributed by atoms with van der Waals surface area (Å²) in [5, 5.41) is 0. The Morgan fingerprint density at radius 3 is 2.85 bits per heavy atom. The van der Waals surface area contributed by atoms with Gasteiger partial charge in [-0.05, 0) is 31.4 Å². The lowest BCUT2D eigenvalue weighted by molar-refractivity contribution is 0.300. The average molecular weight is 177 g/mol. The van der Waals surface area contributed by atoms with Crippen LogP contribution < -0.4 is 10.5 Å². The Hall–Kier alpha value is -1.18. The van der Waals surface area contributed by atoms with Gasteiger partial charge in [-0.3, -0.25) is 0 Å².